The predicted molar refractivity (Wildman–Crippen MR) is 119 cm³/mol. The van der Waals surface area contributed by atoms with E-state index in [0.29, 0.717) is 23.0 Å². The molecule has 0 bridgehead atoms. The van der Waals surface area contributed by atoms with Gasteiger partial charge in [-0.05, 0) is 56.3 Å². The minimum atomic E-state index is -0.869. The first-order valence-corrected chi connectivity index (χ1v) is 10.4. The predicted octanol–water partition coefficient (Wildman–Crippen LogP) is 5.60. The van der Waals surface area contributed by atoms with E-state index in [1.165, 1.54) is 30.4 Å². The van der Waals surface area contributed by atoms with Gasteiger partial charge < -0.3 is 18.4 Å². The molecule has 0 aliphatic rings. The van der Waals surface area contributed by atoms with Crippen molar-refractivity contribution in [1.29, 1.82) is 0 Å². The maximum absolute atomic E-state index is 14.6. The van der Waals surface area contributed by atoms with Gasteiger partial charge in [-0.15, -0.1) is 0 Å². The second-order valence-electron chi connectivity index (χ2n) is 7.52. The highest BCUT2D eigenvalue weighted by molar-refractivity contribution is 6.06. The Kier molecular flexibility index (Phi) is 6.62. The van der Waals surface area contributed by atoms with Crippen molar-refractivity contribution in [3.8, 4) is 11.5 Å². The Morgan fingerprint density at radius 2 is 1.91 bits per heavy atom. The van der Waals surface area contributed by atoms with Gasteiger partial charge in [-0.3, -0.25) is 9.69 Å². The van der Waals surface area contributed by atoms with Crippen molar-refractivity contribution >= 4 is 11.6 Å². The minimum absolute atomic E-state index is 0.0546. The third-order valence-electron chi connectivity index (χ3n) is 5.30. The monoisotopic (exact) mass is 468 g/mol. The van der Waals surface area contributed by atoms with E-state index in [2.05, 4.69) is 5.16 Å². The van der Waals surface area contributed by atoms with Gasteiger partial charge in [-0.1, -0.05) is 5.16 Å². The number of rotatable bonds is 8. The Bertz CT molecular complexity index is 1280. The number of hydrogen-bond donors (Lipinski definition) is 0. The van der Waals surface area contributed by atoms with Gasteiger partial charge in [0.1, 0.15) is 29.8 Å². The number of benzene rings is 2. The molecule has 0 saturated carbocycles. The maximum atomic E-state index is 14.6. The number of hydrogen-bond acceptors (Lipinski definition) is 6. The van der Waals surface area contributed by atoms with Crippen LogP contribution in [0.3, 0.4) is 0 Å². The lowest BCUT2D eigenvalue weighted by Crippen LogP contribution is -2.31. The highest BCUT2D eigenvalue weighted by atomic mass is 19.1. The molecule has 0 saturated heterocycles. The number of aromatic nitrogens is 1. The summed E-state index contributed by atoms with van der Waals surface area (Å²) >= 11 is 0. The quantitative estimate of drug-likeness (QED) is 0.335. The smallest absolute Gasteiger partial charge is 0.258 e. The largest absolute Gasteiger partial charge is 0.493 e. The molecule has 0 atom stereocenters. The van der Waals surface area contributed by atoms with E-state index in [0.717, 1.165) is 23.4 Å². The molecule has 0 radical (unpaired) electrons. The van der Waals surface area contributed by atoms with Gasteiger partial charge in [0, 0.05) is 11.6 Å². The summed E-state index contributed by atoms with van der Waals surface area (Å²) in [5, 5.41) is 3.90. The molecule has 0 fully saturated rings. The summed E-state index contributed by atoms with van der Waals surface area (Å²) in [6, 6.07) is 11.0. The molecule has 4 aromatic rings. The first-order chi connectivity index (χ1) is 16.4. The summed E-state index contributed by atoms with van der Waals surface area (Å²) < 4.78 is 49.8. The van der Waals surface area contributed by atoms with E-state index >= 15 is 0 Å². The molecule has 2 aromatic heterocycles. The van der Waals surface area contributed by atoms with E-state index < -0.39 is 17.5 Å². The van der Waals surface area contributed by atoms with Gasteiger partial charge in [0.05, 0.1) is 36.9 Å². The molecule has 0 unspecified atom stereocenters. The maximum Gasteiger partial charge on any atom is 0.258 e. The Morgan fingerprint density at radius 3 is 2.56 bits per heavy atom. The molecule has 0 N–H and O–H groups in total. The third-order valence-corrected chi connectivity index (χ3v) is 5.30. The molecular formula is C25H22F2N2O5. The van der Waals surface area contributed by atoms with Crippen molar-refractivity contribution in [2.75, 3.05) is 12.0 Å². The van der Waals surface area contributed by atoms with E-state index in [9.17, 15) is 13.6 Å². The highest BCUT2D eigenvalue weighted by Crippen LogP contribution is 2.31. The molecule has 0 aliphatic carbocycles. The number of furan rings is 1. The average Bonchev–Trinajstić information content (AvgIpc) is 3.45. The summed E-state index contributed by atoms with van der Waals surface area (Å²) in [7, 11) is 1.45. The minimum Gasteiger partial charge on any atom is -0.493 e. The fourth-order valence-electron chi connectivity index (χ4n) is 3.46. The van der Waals surface area contributed by atoms with Crippen molar-refractivity contribution < 1.29 is 32.0 Å². The van der Waals surface area contributed by atoms with Crippen LogP contribution in [0, 0.1) is 25.5 Å². The van der Waals surface area contributed by atoms with Crippen LogP contribution in [0.15, 0.2) is 63.7 Å². The zero-order valence-corrected chi connectivity index (χ0v) is 18.8. The summed E-state index contributed by atoms with van der Waals surface area (Å²) in [4.78, 5) is 14.6. The molecule has 34 heavy (non-hydrogen) atoms. The number of carbonyl (C=O) groups excluding carboxylic acids is 1. The van der Waals surface area contributed by atoms with Gasteiger partial charge >= 0.3 is 0 Å². The van der Waals surface area contributed by atoms with Gasteiger partial charge in [0.15, 0.2) is 11.5 Å². The summed E-state index contributed by atoms with van der Waals surface area (Å²) in [6.07, 6.45) is 1.45. The molecule has 2 aromatic carbocycles. The van der Waals surface area contributed by atoms with E-state index in [4.69, 9.17) is 18.4 Å². The van der Waals surface area contributed by atoms with Crippen molar-refractivity contribution in [3.63, 3.8) is 0 Å². The third kappa shape index (κ3) is 4.78. The van der Waals surface area contributed by atoms with Crippen molar-refractivity contribution in [2.45, 2.75) is 27.0 Å². The Hall–Kier alpha value is -4.14. The first kappa shape index (κ1) is 23.0. The van der Waals surface area contributed by atoms with Crippen LogP contribution in [-0.4, -0.2) is 18.2 Å². The number of anilines is 1. The Morgan fingerprint density at radius 1 is 1.09 bits per heavy atom. The SMILES string of the molecule is COc1cc(C(=O)N(Cc2ccco2)c2ccc(F)cc2F)ccc1OCc1c(C)noc1C. The lowest BCUT2D eigenvalue weighted by atomic mass is 10.1. The number of carbonyl (C=O) groups is 1. The number of ether oxygens (including phenoxy) is 2. The standard InChI is InChI=1S/C25H22F2N2O5/c1-15-20(16(2)34-28-15)14-33-23-9-6-17(11-24(23)31-3)25(30)29(13-19-5-4-10-32-19)22-8-7-18(26)12-21(22)27/h4-12H,13-14H2,1-3H3. The van der Waals surface area contributed by atoms with Gasteiger partial charge in [0.25, 0.3) is 5.91 Å². The van der Waals surface area contributed by atoms with Crippen molar-refractivity contribution in [3.05, 3.63) is 94.8 Å². The molecule has 9 heteroatoms. The second kappa shape index (κ2) is 9.78. The van der Waals surface area contributed by atoms with Crippen molar-refractivity contribution in [1.82, 2.24) is 5.16 Å². The molecule has 7 nitrogen and oxygen atoms in total. The Labute approximate surface area is 194 Å². The fraction of sp³-hybridized carbons (Fsp3) is 0.200. The fourth-order valence-corrected chi connectivity index (χ4v) is 3.46. The molecule has 1 amide bonds. The molecule has 0 spiro atoms. The summed E-state index contributed by atoms with van der Waals surface area (Å²) in [5.41, 5.74) is 1.68. The average molecular weight is 468 g/mol. The number of nitrogens with zero attached hydrogens (tertiary/aromatic N) is 2. The highest BCUT2D eigenvalue weighted by Gasteiger charge is 2.24. The molecule has 176 valence electrons. The number of amides is 1. The van der Waals surface area contributed by atoms with Crippen LogP contribution in [-0.2, 0) is 13.2 Å². The van der Waals surface area contributed by atoms with Gasteiger partial charge in [0.2, 0.25) is 0 Å². The Balaban J connectivity index is 1.63. The first-order valence-electron chi connectivity index (χ1n) is 10.4. The van der Waals surface area contributed by atoms with Crippen LogP contribution in [0.5, 0.6) is 11.5 Å². The molecule has 4 rings (SSSR count). The zero-order valence-electron chi connectivity index (χ0n) is 18.8. The van der Waals surface area contributed by atoms with Crippen LogP contribution >= 0.6 is 0 Å². The molecular weight excluding hydrogens is 446 g/mol. The van der Waals surface area contributed by atoms with E-state index in [1.807, 2.05) is 6.92 Å². The second-order valence-corrected chi connectivity index (χ2v) is 7.52. The van der Waals surface area contributed by atoms with Crippen LogP contribution in [0.1, 0.15) is 33.1 Å². The molecule has 0 aliphatic heterocycles. The van der Waals surface area contributed by atoms with E-state index in [1.54, 1.807) is 31.2 Å². The van der Waals surface area contributed by atoms with Crippen LogP contribution < -0.4 is 14.4 Å². The number of aryl methyl sites for hydroxylation is 2. The number of halogens is 2. The summed E-state index contributed by atoms with van der Waals surface area (Å²) in [6.45, 7) is 3.76. The molecule has 2 heterocycles. The zero-order chi connectivity index (χ0) is 24.2. The summed E-state index contributed by atoms with van der Waals surface area (Å²) in [5.74, 6) is -0.335. The van der Waals surface area contributed by atoms with Crippen LogP contribution in [0.25, 0.3) is 0 Å². The lowest BCUT2D eigenvalue weighted by Gasteiger charge is -2.23. The van der Waals surface area contributed by atoms with E-state index in [-0.39, 0.29) is 24.4 Å². The van der Waals surface area contributed by atoms with Crippen LogP contribution in [0.4, 0.5) is 14.5 Å². The van der Waals surface area contributed by atoms with Gasteiger partial charge in [-0.25, -0.2) is 8.78 Å². The topological polar surface area (TPSA) is 77.9 Å². The van der Waals surface area contributed by atoms with Gasteiger partial charge in [-0.2, -0.15) is 0 Å². The lowest BCUT2D eigenvalue weighted by molar-refractivity contribution is 0.0982. The van der Waals surface area contributed by atoms with Crippen LogP contribution in [0.2, 0.25) is 0 Å². The normalized spacial score (nSPS) is 10.9. The number of methoxy groups -OCH3 is 1. The van der Waals surface area contributed by atoms with Crippen molar-refractivity contribution in [2.24, 2.45) is 0 Å².